The van der Waals surface area contributed by atoms with Crippen LogP contribution in [0.2, 0.25) is 5.02 Å². The van der Waals surface area contributed by atoms with Gasteiger partial charge in [0, 0.05) is 16.3 Å². The van der Waals surface area contributed by atoms with E-state index < -0.39 is 11.7 Å². The third kappa shape index (κ3) is 5.76. The van der Waals surface area contributed by atoms with Crippen LogP contribution in [0.5, 0.6) is 11.5 Å². The van der Waals surface area contributed by atoms with Crippen molar-refractivity contribution in [2.75, 3.05) is 24.4 Å². The number of benzene rings is 3. The molecule has 8 heteroatoms. The van der Waals surface area contributed by atoms with Crippen LogP contribution in [0.25, 0.3) is 0 Å². The summed E-state index contributed by atoms with van der Waals surface area (Å²) in [5.74, 6) is -0.823. The summed E-state index contributed by atoms with van der Waals surface area (Å²) < 4.78 is 24.9. The van der Waals surface area contributed by atoms with Crippen LogP contribution in [0.1, 0.15) is 34.1 Å². The minimum absolute atomic E-state index is 0.171. The van der Waals surface area contributed by atoms with Gasteiger partial charge in [-0.1, -0.05) is 24.6 Å². The summed E-state index contributed by atoms with van der Waals surface area (Å²) in [6.45, 7) is 2.55. The fourth-order valence-electron chi connectivity index (χ4n) is 2.90. The second-order valence-electron chi connectivity index (χ2n) is 6.82. The lowest BCUT2D eigenvalue weighted by atomic mass is 10.1. The predicted molar refractivity (Wildman–Crippen MR) is 123 cm³/mol. The molecule has 0 radical (unpaired) electrons. The Bertz CT molecular complexity index is 1140. The molecule has 6 nitrogen and oxygen atoms in total. The van der Waals surface area contributed by atoms with E-state index in [4.69, 9.17) is 21.1 Å². The molecule has 0 aromatic heterocycles. The Labute approximate surface area is 190 Å². The molecule has 32 heavy (non-hydrogen) atoms. The van der Waals surface area contributed by atoms with Crippen molar-refractivity contribution >= 4 is 34.8 Å². The second kappa shape index (κ2) is 10.6. The lowest BCUT2D eigenvalue weighted by molar-refractivity contribution is 0.101. The molecule has 3 aromatic rings. The van der Waals surface area contributed by atoms with Crippen molar-refractivity contribution in [3.05, 3.63) is 82.6 Å². The number of ether oxygens (including phenoxy) is 2. The zero-order valence-electron chi connectivity index (χ0n) is 17.6. The molecule has 3 aromatic carbocycles. The van der Waals surface area contributed by atoms with Gasteiger partial charge < -0.3 is 20.1 Å². The van der Waals surface area contributed by atoms with Gasteiger partial charge in [0.05, 0.1) is 25.0 Å². The lowest BCUT2D eigenvalue weighted by Crippen LogP contribution is -2.16. The van der Waals surface area contributed by atoms with Gasteiger partial charge in [-0.15, -0.1) is 0 Å². The molecule has 2 N–H and O–H groups in total. The van der Waals surface area contributed by atoms with E-state index in [1.54, 1.807) is 36.4 Å². The molecule has 0 atom stereocenters. The van der Waals surface area contributed by atoms with Crippen LogP contribution in [-0.4, -0.2) is 25.5 Å². The van der Waals surface area contributed by atoms with Crippen LogP contribution in [0.4, 0.5) is 15.8 Å². The molecular weight excluding hydrogens is 435 g/mol. The van der Waals surface area contributed by atoms with E-state index in [1.165, 1.54) is 25.3 Å². The number of halogens is 2. The van der Waals surface area contributed by atoms with Gasteiger partial charge in [-0.05, 0) is 61.0 Å². The van der Waals surface area contributed by atoms with Crippen molar-refractivity contribution in [2.24, 2.45) is 0 Å². The number of carbonyl (C=O) groups is 2. The van der Waals surface area contributed by atoms with Crippen LogP contribution in [0.15, 0.2) is 60.7 Å². The number of hydrogen-bond donors (Lipinski definition) is 2. The van der Waals surface area contributed by atoms with Crippen molar-refractivity contribution in [3.8, 4) is 11.5 Å². The fourth-order valence-corrected chi connectivity index (χ4v) is 3.06. The summed E-state index contributed by atoms with van der Waals surface area (Å²) in [5.41, 5.74) is 0.935. The molecular formula is C24H22ClFN2O4. The Kier molecular flexibility index (Phi) is 7.68. The molecule has 3 rings (SSSR count). The Morgan fingerprint density at radius 2 is 1.81 bits per heavy atom. The number of hydrogen-bond acceptors (Lipinski definition) is 4. The van der Waals surface area contributed by atoms with Gasteiger partial charge in [-0.2, -0.15) is 0 Å². The molecule has 0 aliphatic heterocycles. The minimum atomic E-state index is -0.747. The molecule has 0 aliphatic rings. The number of methoxy groups -OCH3 is 1. The Morgan fingerprint density at radius 3 is 2.53 bits per heavy atom. The van der Waals surface area contributed by atoms with E-state index in [9.17, 15) is 14.0 Å². The Morgan fingerprint density at radius 1 is 1.00 bits per heavy atom. The Balaban J connectivity index is 1.78. The number of nitrogens with one attached hydrogen (secondary N) is 2. The number of anilines is 2. The van der Waals surface area contributed by atoms with E-state index in [-0.39, 0.29) is 22.2 Å². The molecule has 0 unspecified atom stereocenters. The van der Waals surface area contributed by atoms with E-state index in [0.717, 1.165) is 12.5 Å². The van der Waals surface area contributed by atoms with Crippen molar-refractivity contribution in [2.45, 2.75) is 13.3 Å². The van der Waals surface area contributed by atoms with Crippen LogP contribution < -0.4 is 20.1 Å². The fraction of sp³-hybridized carbons (Fsp3) is 0.167. The summed E-state index contributed by atoms with van der Waals surface area (Å²) in [7, 11) is 1.44. The first-order valence-corrected chi connectivity index (χ1v) is 10.3. The molecule has 166 valence electrons. The first-order valence-electron chi connectivity index (χ1n) is 9.90. The summed E-state index contributed by atoms with van der Waals surface area (Å²) in [4.78, 5) is 25.2. The van der Waals surface area contributed by atoms with Gasteiger partial charge in [0.1, 0.15) is 17.3 Å². The second-order valence-corrected chi connectivity index (χ2v) is 7.26. The molecule has 0 aliphatic carbocycles. The monoisotopic (exact) mass is 456 g/mol. The van der Waals surface area contributed by atoms with Crippen molar-refractivity contribution < 1.29 is 23.5 Å². The van der Waals surface area contributed by atoms with Crippen LogP contribution in [0, 0.1) is 5.82 Å². The highest BCUT2D eigenvalue weighted by atomic mass is 35.5. The standard InChI is InChI=1S/C24H22ClFN2O4/c1-3-11-32-18-6-4-5-15(12-18)23(29)27-17-8-10-22(31-2)21(14-17)28-24(30)19-9-7-16(25)13-20(19)26/h4-10,12-14H,3,11H2,1-2H3,(H,27,29)(H,28,30). The van der Waals surface area contributed by atoms with Gasteiger partial charge in [-0.25, -0.2) is 4.39 Å². The maximum atomic E-state index is 14.1. The van der Waals surface area contributed by atoms with Crippen molar-refractivity contribution in [1.29, 1.82) is 0 Å². The van der Waals surface area contributed by atoms with Gasteiger partial charge in [-0.3, -0.25) is 9.59 Å². The normalized spacial score (nSPS) is 10.4. The molecule has 0 spiro atoms. The first-order chi connectivity index (χ1) is 15.4. The lowest BCUT2D eigenvalue weighted by Gasteiger charge is -2.13. The van der Waals surface area contributed by atoms with Gasteiger partial charge in [0.15, 0.2) is 0 Å². The van der Waals surface area contributed by atoms with Crippen LogP contribution in [-0.2, 0) is 0 Å². The van der Waals surface area contributed by atoms with Crippen LogP contribution >= 0.6 is 11.6 Å². The van der Waals surface area contributed by atoms with E-state index >= 15 is 0 Å². The van der Waals surface area contributed by atoms with E-state index in [1.807, 2.05) is 6.92 Å². The van der Waals surface area contributed by atoms with Gasteiger partial charge >= 0.3 is 0 Å². The average Bonchev–Trinajstić information content (AvgIpc) is 2.78. The number of amides is 2. The molecule has 0 bridgehead atoms. The maximum absolute atomic E-state index is 14.1. The Hall–Kier alpha value is -3.58. The maximum Gasteiger partial charge on any atom is 0.258 e. The zero-order valence-corrected chi connectivity index (χ0v) is 18.3. The molecule has 2 amide bonds. The number of rotatable bonds is 8. The van der Waals surface area contributed by atoms with Crippen molar-refractivity contribution in [3.63, 3.8) is 0 Å². The number of carbonyl (C=O) groups excluding carboxylic acids is 2. The van der Waals surface area contributed by atoms with Crippen molar-refractivity contribution in [1.82, 2.24) is 0 Å². The molecule has 0 fully saturated rings. The summed E-state index contributed by atoms with van der Waals surface area (Å²) in [5, 5.41) is 5.56. The zero-order chi connectivity index (χ0) is 23.1. The van der Waals surface area contributed by atoms with Gasteiger partial charge in [0.25, 0.3) is 11.8 Å². The summed E-state index contributed by atoms with van der Waals surface area (Å²) in [6, 6.07) is 15.4. The average molecular weight is 457 g/mol. The van der Waals surface area contributed by atoms with Crippen LogP contribution in [0.3, 0.4) is 0 Å². The quantitative estimate of drug-likeness (QED) is 0.450. The van der Waals surface area contributed by atoms with E-state index in [0.29, 0.717) is 29.4 Å². The first kappa shape index (κ1) is 23.1. The highest BCUT2D eigenvalue weighted by Crippen LogP contribution is 2.29. The highest BCUT2D eigenvalue weighted by Gasteiger charge is 2.16. The smallest absolute Gasteiger partial charge is 0.258 e. The molecule has 0 heterocycles. The highest BCUT2D eigenvalue weighted by molar-refractivity contribution is 6.30. The summed E-state index contributed by atoms with van der Waals surface area (Å²) in [6.07, 6.45) is 0.858. The third-order valence-electron chi connectivity index (χ3n) is 4.45. The molecule has 0 saturated carbocycles. The molecule has 0 saturated heterocycles. The van der Waals surface area contributed by atoms with Gasteiger partial charge in [0.2, 0.25) is 0 Å². The minimum Gasteiger partial charge on any atom is -0.495 e. The largest absolute Gasteiger partial charge is 0.495 e. The SMILES string of the molecule is CCCOc1cccc(C(=O)Nc2ccc(OC)c(NC(=O)c3ccc(Cl)cc3F)c2)c1. The van der Waals surface area contributed by atoms with E-state index in [2.05, 4.69) is 10.6 Å². The summed E-state index contributed by atoms with van der Waals surface area (Å²) >= 11 is 5.74. The predicted octanol–water partition coefficient (Wildman–Crippen LogP) is 5.78. The third-order valence-corrected chi connectivity index (χ3v) is 4.69. The topological polar surface area (TPSA) is 76.7 Å².